The summed E-state index contributed by atoms with van der Waals surface area (Å²) in [7, 11) is 0. The van der Waals surface area contributed by atoms with E-state index in [1.807, 2.05) is 4.90 Å². The molecule has 8 heteroatoms. The maximum Gasteiger partial charge on any atom is 0.411 e. The highest BCUT2D eigenvalue weighted by molar-refractivity contribution is 6.33. The highest BCUT2D eigenvalue weighted by Gasteiger charge is 2.28. The van der Waals surface area contributed by atoms with E-state index in [1.54, 1.807) is 6.20 Å². The quantitative estimate of drug-likeness (QED) is 0.855. The van der Waals surface area contributed by atoms with Gasteiger partial charge in [-0.05, 0) is 32.1 Å². The molecule has 2 aliphatic rings. The Hall–Kier alpha value is -2.02. The van der Waals surface area contributed by atoms with Crippen molar-refractivity contribution in [2.45, 2.75) is 44.6 Å². The first kappa shape index (κ1) is 17.8. The summed E-state index contributed by atoms with van der Waals surface area (Å²) in [6, 6.07) is 0. The molecule has 1 aromatic heterocycles. The number of nitrogens with one attached hydrogen (secondary N) is 2. The van der Waals surface area contributed by atoms with Crippen LogP contribution in [-0.2, 0) is 4.74 Å². The van der Waals surface area contributed by atoms with Crippen LogP contribution in [0.2, 0.25) is 5.02 Å². The van der Waals surface area contributed by atoms with E-state index >= 15 is 0 Å². The lowest BCUT2D eigenvalue weighted by atomic mass is 9.98. The number of hydrogen-bond acceptors (Lipinski definition) is 5. The molecule has 1 atom stereocenters. The van der Waals surface area contributed by atoms with Crippen LogP contribution in [-0.4, -0.2) is 35.5 Å². The second kappa shape index (κ2) is 7.91. The van der Waals surface area contributed by atoms with Crippen LogP contribution in [0.15, 0.2) is 23.3 Å². The van der Waals surface area contributed by atoms with Gasteiger partial charge in [0.2, 0.25) is 0 Å². The topological polar surface area (TPSA) is 87.3 Å². The van der Waals surface area contributed by atoms with E-state index in [4.69, 9.17) is 16.3 Å². The molecule has 136 valence electrons. The molecule has 2 fully saturated rings. The second-order valence-electron chi connectivity index (χ2n) is 6.65. The van der Waals surface area contributed by atoms with Crippen molar-refractivity contribution >= 4 is 23.4 Å². The van der Waals surface area contributed by atoms with Gasteiger partial charge >= 0.3 is 6.09 Å². The van der Waals surface area contributed by atoms with Crippen LogP contribution in [0, 0.1) is 5.92 Å². The number of carbonyl (C=O) groups excluding carboxylic acids is 1. The normalized spacial score (nSPS) is 21.2. The van der Waals surface area contributed by atoms with Crippen LogP contribution in [0.3, 0.4) is 0 Å². The van der Waals surface area contributed by atoms with Gasteiger partial charge in [-0.25, -0.2) is 9.89 Å². The number of alkyl carbamates (subject to hydrolysis) is 1. The Labute approximate surface area is 151 Å². The Morgan fingerprint density at radius 2 is 2.12 bits per heavy atom. The molecule has 0 unspecified atom stereocenters. The zero-order valence-electron chi connectivity index (χ0n) is 14.1. The van der Waals surface area contributed by atoms with Gasteiger partial charge in [-0.3, -0.25) is 10.1 Å². The third-order valence-corrected chi connectivity index (χ3v) is 5.25. The fourth-order valence-corrected chi connectivity index (χ4v) is 3.67. The average Bonchev–Trinajstić information content (AvgIpc) is 3.08. The maximum absolute atomic E-state index is 12.0. The summed E-state index contributed by atoms with van der Waals surface area (Å²) >= 11 is 6.06. The zero-order valence-corrected chi connectivity index (χ0v) is 14.8. The molecule has 1 aromatic rings. The molecule has 3 rings (SSSR count). The van der Waals surface area contributed by atoms with Gasteiger partial charge in [0.25, 0.3) is 5.56 Å². The van der Waals surface area contributed by atoms with Gasteiger partial charge in [0, 0.05) is 24.7 Å². The molecule has 0 spiro atoms. The van der Waals surface area contributed by atoms with E-state index in [9.17, 15) is 9.59 Å². The summed E-state index contributed by atoms with van der Waals surface area (Å²) in [6.45, 7) is 5.32. The number of aromatic amines is 1. The number of nitrogens with zero attached hydrogens (tertiary/aromatic N) is 2. The number of aromatic nitrogens is 2. The summed E-state index contributed by atoms with van der Waals surface area (Å²) in [5.41, 5.74) is 0.832. The molecule has 1 saturated carbocycles. The minimum Gasteiger partial charge on any atom is -0.446 e. The smallest absolute Gasteiger partial charge is 0.411 e. The summed E-state index contributed by atoms with van der Waals surface area (Å²) in [4.78, 5) is 25.6. The third kappa shape index (κ3) is 4.34. The van der Waals surface area contributed by atoms with Gasteiger partial charge in [0.1, 0.15) is 11.1 Å². The minimum absolute atomic E-state index is 0.0163. The number of halogens is 1. The maximum atomic E-state index is 12.0. The van der Waals surface area contributed by atoms with E-state index < -0.39 is 11.7 Å². The Bertz CT molecular complexity index is 699. The van der Waals surface area contributed by atoms with E-state index in [-0.39, 0.29) is 17.0 Å². The number of hydrogen-bond donors (Lipinski definition) is 2. The number of amides is 1. The first-order valence-corrected chi connectivity index (χ1v) is 9.07. The second-order valence-corrected chi connectivity index (χ2v) is 7.02. The summed E-state index contributed by atoms with van der Waals surface area (Å²) in [5.74, 6) is 0.0780. The van der Waals surface area contributed by atoms with Crippen LogP contribution in [0.4, 0.5) is 10.5 Å². The number of anilines is 1. The van der Waals surface area contributed by atoms with Gasteiger partial charge < -0.3 is 9.64 Å². The standard InChI is InChI=1S/C17H23ClN4O3/c1-11(20-17(24)25-13-5-3-2-4-6-13)12-7-8-22(10-12)14-9-19-21-16(23)15(14)18/h9,12-13H,1-8,10H2,(H,20,24)(H,21,23)/t12-/m0/s1. The molecule has 0 bridgehead atoms. The number of ether oxygens (including phenoxy) is 1. The zero-order chi connectivity index (χ0) is 17.8. The summed E-state index contributed by atoms with van der Waals surface area (Å²) in [5, 5.41) is 9.00. The molecule has 0 radical (unpaired) electrons. The fraction of sp³-hybridized carbons (Fsp3) is 0.588. The number of carbonyl (C=O) groups is 1. The van der Waals surface area contributed by atoms with Gasteiger partial charge in [0.05, 0.1) is 11.9 Å². The SMILES string of the molecule is C=C(NC(=O)OC1CCCCC1)[C@H]1CCN(c2cn[nH]c(=O)c2Cl)C1. The third-order valence-electron chi connectivity index (χ3n) is 4.89. The number of H-pyrrole nitrogens is 1. The molecule has 1 aliphatic heterocycles. The first-order valence-electron chi connectivity index (χ1n) is 8.69. The lowest BCUT2D eigenvalue weighted by Gasteiger charge is -2.23. The predicted molar refractivity (Wildman–Crippen MR) is 95.8 cm³/mol. The number of rotatable bonds is 4. The molecule has 1 amide bonds. The molecule has 1 aliphatic carbocycles. The molecule has 2 N–H and O–H groups in total. The molecule has 7 nitrogen and oxygen atoms in total. The van der Waals surface area contributed by atoms with Crippen molar-refractivity contribution in [1.29, 1.82) is 0 Å². The Morgan fingerprint density at radius 1 is 1.36 bits per heavy atom. The van der Waals surface area contributed by atoms with Crippen molar-refractivity contribution in [1.82, 2.24) is 15.5 Å². The van der Waals surface area contributed by atoms with Crippen molar-refractivity contribution in [3.8, 4) is 0 Å². The fourth-order valence-electron chi connectivity index (χ4n) is 3.46. The van der Waals surface area contributed by atoms with Crippen molar-refractivity contribution in [3.63, 3.8) is 0 Å². The van der Waals surface area contributed by atoms with Gasteiger partial charge in [-0.1, -0.05) is 24.6 Å². The van der Waals surface area contributed by atoms with Gasteiger partial charge in [0.15, 0.2) is 0 Å². The van der Waals surface area contributed by atoms with E-state index in [0.717, 1.165) is 32.1 Å². The van der Waals surface area contributed by atoms with Crippen molar-refractivity contribution in [2.24, 2.45) is 5.92 Å². The van der Waals surface area contributed by atoms with Crippen LogP contribution in [0.5, 0.6) is 0 Å². The Morgan fingerprint density at radius 3 is 2.88 bits per heavy atom. The van der Waals surface area contributed by atoms with Crippen LogP contribution < -0.4 is 15.8 Å². The lowest BCUT2D eigenvalue weighted by Crippen LogP contribution is -2.32. The average molecular weight is 367 g/mol. The van der Waals surface area contributed by atoms with Crippen LogP contribution >= 0.6 is 11.6 Å². The van der Waals surface area contributed by atoms with E-state index in [0.29, 0.717) is 24.5 Å². The van der Waals surface area contributed by atoms with Crippen molar-refractivity contribution < 1.29 is 9.53 Å². The molecule has 1 saturated heterocycles. The van der Waals surface area contributed by atoms with Gasteiger partial charge in [-0.15, -0.1) is 0 Å². The molecular weight excluding hydrogens is 344 g/mol. The highest BCUT2D eigenvalue weighted by atomic mass is 35.5. The molecular formula is C17H23ClN4O3. The van der Waals surface area contributed by atoms with E-state index in [1.165, 1.54) is 6.42 Å². The van der Waals surface area contributed by atoms with Crippen LogP contribution in [0.25, 0.3) is 0 Å². The largest absolute Gasteiger partial charge is 0.446 e. The predicted octanol–water partition coefficient (Wildman–Crippen LogP) is 2.82. The first-order chi connectivity index (χ1) is 12.0. The summed E-state index contributed by atoms with van der Waals surface area (Å²) < 4.78 is 5.47. The Balaban J connectivity index is 1.52. The van der Waals surface area contributed by atoms with Gasteiger partial charge in [-0.2, -0.15) is 5.10 Å². The minimum atomic E-state index is -0.425. The van der Waals surface area contributed by atoms with E-state index in [2.05, 4.69) is 22.1 Å². The highest BCUT2D eigenvalue weighted by Crippen LogP contribution is 2.29. The molecule has 0 aromatic carbocycles. The van der Waals surface area contributed by atoms with Crippen molar-refractivity contribution in [2.75, 3.05) is 18.0 Å². The lowest BCUT2D eigenvalue weighted by molar-refractivity contribution is 0.0768. The van der Waals surface area contributed by atoms with Crippen LogP contribution in [0.1, 0.15) is 38.5 Å². The van der Waals surface area contributed by atoms with Crippen molar-refractivity contribution in [3.05, 3.63) is 33.8 Å². The Kier molecular flexibility index (Phi) is 5.63. The molecule has 25 heavy (non-hydrogen) atoms. The summed E-state index contributed by atoms with van der Waals surface area (Å²) in [6.07, 6.45) is 7.25. The monoisotopic (exact) mass is 366 g/mol. The molecule has 2 heterocycles.